The van der Waals surface area contributed by atoms with Crippen molar-refractivity contribution in [3.05, 3.63) is 38.9 Å². The Morgan fingerprint density at radius 2 is 2.12 bits per heavy atom. The molecule has 0 aromatic heterocycles. The monoisotopic (exact) mass is 217 g/mol. The van der Waals surface area contributed by atoms with Crippen molar-refractivity contribution in [2.75, 3.05) is 0 Å². The fraction of sp³-hybridized carbons (Fsp3) is 0.250. The van der Waals surface area contributed by atoms with E-state index in [2.05, 4.69) is 11.8 Å². The van der Waals surface area contributed by atoms with Gasteiger partial charge >= 0.3 is 0 Å². The van der Waals surface area contributed by atoms with E-state index in [1.807, 2.05) is 6.07 Å². The summed E-state index contributed by atoms with van der Waals surface area (Å²) in [6, 6.07) is 3.32. The number of rotatable bonds is 2. The molecule has 0 saturated carbocycles. The zero-order valence-electron chi connectivity index (χ0n) is 9.11. The minimum atomic E-state index is -0.453. The van der Waals surface area contributed by atoms with Crippen LogP contribution in [0.2, 0.25) is 0 Å². The average molecular weight is 217 g/mol. The number of nitrogens with zero attached hydrogens (tertiary/aromatic N) is 1. The van der Waals surface area contributed by atoms with Gasteiger partial charge < -0.3 is 4.79 Å². The Labute approximate surface area is 93.4 Å². The summed E-state index contributed by atoms with van der Waals surface area (Å²) in [6.45, 7) is 3.56. The number of nitro benzene ring substituents is 1. The summed E-state index contributed by atoms with van der Waals surface area (Å²) >= 11 is 0. The van der Waals surface area contributed by atoms with Gasteiger partial charge in [0.25, 0.3) is 5.69 Å². The molecule has 0 bridgehead atoms. The second-order valence-corrected chi connectivity index (χ2v) is 3.41. The van der Waals surface area contributed by atoms with Crippen molar-refractivity contribution in [1.82, 2.24) is 0 Å². The second kappa shape index (κ2) is 5.08. The third kappa shape index (κ3) is 2.67. The van der Waals surface area contributed by atoms with E-state index in [0.29, 0.717) is 11.8 Å². The van der Waals surface area contributed by atoms with Crippen LogP contribution in [0.15, 0.2) is 12.1 Å². The molecule has 0 aliphatic rings. The molecule has 0 aliphatic heterocycles. The number of carbonyl (C=O) groups is 1. The standard InChI is InChI=1S/C12H11NO3/c1-9-7-10(2)11(5-3-4-6-14)12(8-9)13(15)16/h6-8H,4H2,1-2H3. The maximum absolute atomic E-state index is 10.8. The lowest BCUT2D eigenvalue weighted by molar-refractivity contribution is -0.385. The molecule has 0 spiro atoms. The van der Waals surface area contributed by atoms with Crippen molar-refractivity contribution in [2.24, 2.45) is 0 Å². The summed E-state index contributed by atoms with van der Waals surface area (Å²) in [5.41, 5.74) is 1.96. The minimum absolute atomic E-state index is 0.00380. The Hall–Kier alpha value is -2.15. The highest BCUT2D eigenvalue weighted by atomic mass is 16.6. The Morgan fingerprint density at radius 1 is 1.44 bits per heavy atom. The van der Waals surface area contributed by atoms with E-state index in [-0.39, 0.29) is 12.1 Å². The molecule has 4 nitrogen and oxygen atoms in total. The summed E-state index contributed by atoms with van der Waals surface area (Å²) in [4.78, 5) is 20.5. The molecule has 16 heavy (non-hydrogen) atoms. The van der Waals surface area contributed by atoms with Crippen molar-refractivity contribution in [1.29, 1.82) is 0 Å². The van der Waals surface area contributed by atoms with Gasteiger partial charge in [0.15, 0.2) is 0 Å². The number of hydrogen-bond acceptors (Lipinski definition) is 3. The lowest BCUT2D eigenvalue weighted by atomic mass is 10.0. The molecule has 0 saturated heterocycles. The van der Waals surface area contributed by atoms with Crippen molar-refractivity contribution >= 4 is 12.0 Å². The van der Waals surface area contributed by atoms with E-state index in [1.54, 1.807) is 13.8 Å². The van der Waals surface area contributed by atoms with Gasteiger partial charge in [-0.1, -0.05) is 17.9 Å². The van der Waals surface area contributed by atoms with E-state index in [0.717, 1.165) is 11.1 Å². The number of carbonyl (C=O) groups excluding carboxylic acids is 1. The van der Waals surface area contributed by atoms with Gasteiger partial charge in [-0.15, -0.1) is 0 Å². The van der Waals surface area contributed by atoms with Crippen LogP contribution in [0, 0.1) is 35.8 Å². The van der Waals surface area contributed by atoms with E-state index >= 15 is 0 Å². The van der Waals surface area contributed by atoms with Crippen LogP contribution in [-0.4, -0.2) is 11.2 Å². The smallest absolute Gasteiger partial charge is 0.285 e. The minimum Gasteiger partial charge on any atom is -0.302 e. The van der Waals surface area contributed by atoms with Crippen LogP contribution in [0.1, 0.15) is 23.1 Å². The number of hydrogen-bond donors (Lipinski definition) is 0. The first-order valence-corrected chi connectivity index (χ1v) is 4.74. The highest BCUT2D eigenvalue weighted by molar-refractivity contribution is 5.60. The lowest BCUT2D eigenvalue weighted by Crippen LogP contribution is -1.96. The summed E-state index contributed by atoms with van der Waals surface area (Å²) in [5.74, 6) is 5.25. The maximum Gasteiger partial charge on any atom is 0.285 e. The summed E-state index contributed by atoms with van der Waals surface area (Å²) in [7, 11) is 0. The van der Waals surface area contributed by atoms with Gasteiger partial charge in [0.2, 0.25) is 0 Å². The third-order valence-electron chi connectivity index (χ3n) is 2.05. The zero-order chi connectivity index (χ0) is 12.1. The Bertz CT molecular complexity index is 495. The van der Waals surface area contributed by atoms with Crippen LogP contribution in [0.3, 0.4) is 0 Å². The summed E-state index contributed by atoms with van der Waals surface area (Å²) in [6.07, 6.45) is 0.757. The van der Waals surface area contributed by atoms with Gasteiger partial charge in [-0.05, 0) is 25.0 Å². The van der Waals surface area contributed by atoms with Crippen molar-refractivity contribution in [3.8, 4) is 11.8 Å². The van der Waals surface area contributed by atoms with Crippen LogP contribution < -0.4 is 0 Å². The third-order valence-corrected chi connectivity index (χ3v) is 2.05. The fourth-order valence-electron chi connectivity index (χ4n) is 1.43. The first kappa shape index (κ1) is 11.9. The van der Waals surface area contributed by atoms with Gasteiger partial charge in [-0.3, -0.25) is 10.1 Å². The molecule has 0 atom stereocenters. The van der Waals surface area contributed by atoms with Crippen LogP contribution in [0.4, 0.5) is 5.69 Å². The van der Waals surface area contributed by atoms with Gasteiger partial charge in [0.05, 0.1) is 11.3 Å². The van der Waals surface area contributed by atoms with Crippen LogP contribution in [0.25, 0.3) is 0 Å². The lowest BCUT2D eigenvalue weighted by Gasteiger charge is -2.01. The molecule has 82 valence electrons. The first-order valence-electron chi connectivity index (χ1n) is 4.74. The van der Waals surface area contributed by atoms with Crippen LogP contribution in [-0.2, 0) is 4.79 Å². The molecule has 0 heterocycles. The molecule has 0 radical (unpaired) electrons. The summed E-state index contributed by atoms with van der Waals surface area (Å²) in [5, 5.41) is 10.8. The predicted octanol–water partition coefficient (Wildman–Crippen LogP) is 2.15. The van der Waals surface area contributed by atoms with Crippen molar-refractivity contribution in [2.45, 2.75) is 20.3 Å². The van der Waals surface area contributed by atoms with Gasteiger partial charge in [-0.25, -0.2) is 0 Å². The van der Waals surface area contributed by atoms with E-state index in [9.17, 15) is 14.9 Å². The van der Waals surface area contributed by atoms with E-state index in [1.165, 1.54) is 6.07 Å². The first-order chi connectivity index (χ1) is 7.56. The topological polar surface area (TPSA) is 60.2 Å². The Kier molecular flexibility index (Phi) is 3.78. The van der Waals surface area contributed by atoms with E-state index in [4.69, 9.17) is 0 Å². The highest BCUT2D eigenvalue weighted by Crippen LogP contribution is 2.23. The molecule has 0 fully saturated rings. The summed E-state index contributed by atoms with van der Waals surface area (Å²) < 4.78 is 0. The average Bonchev–Trinajstić information content (AvgIpc) is 2.20. The van der Waals surface area contributed by atoms with Gasteiger partial charge in [0.1, 0.15) is 11.8 Å². The fourth-order valence-corrected chi connectivity index (χ4v) is 1.43. The number of nitro groups is 1. The second-order valence-electron chi connectivity index (χ2n) is 3.41. The van der Waals surface area contributed by atoms with Crippen LogP contribution in [0.5, 0.6) is 0 Å². The SMILES string of the molecule is Cc1cc(C)c(C#CCC=O)c([N+](=O)[O-])c1. The Balaban J connectivity index is 3.31. The predicted molar refractivity (Wildman–Crippen MR) is 60.1 cm³/mol. The molecular weight excluding hydrogens is 206 g/mol. The largest absolute Gasteiger partial charge is 0.302 e. The molecule has 4 heteroatoms. The van der Waals surface area contributed by atoms with Gasteiger partial charge in [0, 0.05) is 6.07 Å². The number of benzene rings is 1. The molecule has 0 unspecified atom stereocenters. The van der Waals surface area contributed by atoms with Gasteiger partial charge in [-0.2, -0.15) is 0 Å². The Morgan fingerprint density at radius 3 is 2.69 bits per heavy atom. The number of aldehydes is 1. The maximum atomic E-state index is 10.8. The molecule has 0 N–H and O–H groups in total. The molecule has 1 rings (SSSR count). The molecule has 1 aromatic rings. The molecular formula is C12H11NO3. The quantitative estimate of drug-likeness (QED) is 0.330. The van der Waals surface area contributed by atoms with E-state index < -0.39 is 4.92 Å². The molecule has 1 aromatic carbocycles. The van der Waals surface area contributed by atoms with Crippen molar-refractivity contribution < 1.29 is 9.72 Å². The highest BCUT2D eigenvalue weighted by Gasteiger charge is 2.14. The van der Waals surface area contributed by atoms with Crippen molar-refractivity contribution in [3.63, 3.8) is 0 Å². The zero-order valence-corrected chi connectivity index (χ0v) is 9.11. The molecule has 0 amide bonds. The van der Waals surface area contributed by atoms with Crippen LogP contribution >= 0.6 is 0 Å². The molecule has 0 aliphatic carbocycles. The normalized spacial score (nSPS) is 9.12. The number of aryl methyl sites for hydroxylation is 2.